The summed E-state index contributed by atoms with van der Waals surface area (Å²) in [4.78, 5) is 2.49. The molecule has 0 heterocycles. The van der Waals surface area contributed by atoms with Gasteiger partial charge in [0.2, 0.25) is 0 Å². The minimum atomic E-state index is -0.0313. The molecule has 1 aliphatic carbocycles. The summed E-state index contributed by atoms with van der Waals surface area (Å²) in [5.41, 5.74) is 7.48. The number of ether oxygens (including phenoxy) is 2. The second kappa shape index (κ2) is 7.66. The molecule has 4 heteroatoms. The molecule has 2 rings (SSSR count). The van der Waals surface area contributed by atoms with Crippen molar-refractivity contribution in [3.05, 3.63) is 23.8 Å². The maximum atomic E-state index is 6.43. The van der Waals surface area contributed by atoms with E-state index in [-0.39, 0.29) is 6.04 Å². The van der Waals surface area contributed by atoms with Crippen LogP contribution >= 0.6 is 0 Å². The number of hydrogen-bond donors (Lipinski definition) is 1. The van der Waals surface area contributed by atoms with Gasteiger partial charge in [-0.1, -0.05) is 13.0 Å². The number of benzene rings is 1. The van der Waals surface area contributed by atoms with Gasteiger partial charge >= 0.3 is 0 Å². The van der Waals surface area contributed by atoms with Gasteiger partial charge in [-0.3, -0.25) is 0 Å². The van der Waals surface area contributed by atoms with Crippen LogP contribution in [0.25, 0.3) is 0 Å². The molecule has 1 saturated carbocycles. The van der Waals surface area contributed by atoms with Crippen LogP contribution in [0.1, 0.15) is 37.8 Å². The van der Waals surface area contributed by atoms with Crippen molar-refractivity contribution in [2.24, 2.45) is 11.7 Å². The molecule has 118 valence electrons. The SMILES string of the molecule is CCCN(CC1CC1)CC(N)c1ccc(OC)cc1OC. The Bertz CT molecular complexity index is 446. The van der Waals surface area contributed by atoms with E-state index in [1.54, 1.807) is 14.2 Å². The molecular formula is C17H28N2O2. The van der Waals surface area contributed by atoms with E-state index in [1.807, 2.05) is 18.2 Å². The van der Waals surface area contributed by atoms with E-state index in [1.165, 1.54) is 25.8 Å². The molecule has 0 aromatic heterocycles. The molecule has 4 nitrogen and oxygen atoms in total. The molecule has 1 unspecified atom stereocenters. The van der Waals surface area contributed by atoms with Crippen LogP contribution in [0.15, 0.2) is 18.2 Å². The standard InChI is InChI=1S/C17H28N2O2/c1-4-9-19(11-13-5-6-13)12-16(18)15-8-7-14(20-2)10-17(15)21-3/h7-8,10,13,16H,4-6,9,11-12,18H2,1-3H3. The fraction of sp³-hybridized carbons (Fsp3) is 0.647. The minimum Gasteiger partial charge on any atom is -0.497 e. The Balaban J connectivity index is 2.04. The van der Waals surface area contributed by atoms with Gasteiger partial charge in [-0.05, 0) is 37.8 Å². The molecule has 0 bridgehead atoms. The van der Waals surface area contributed by atoms with Crippen LogP contribution in [0, 0.1) is 5.92 Å². The number of nitrogens with zero attached hydrogens (tertiary/aromatic N) is 1. The Hall–Kier alpha value is -1.26. The van der Waals surface area contributed by atoms with Crippen LogP contribution < -0.4 is 15.2 Å². The van der Waals surface area contributed by atoms with E-state index >= 15 is 0 Å². The number of rotatable bonds is 9. The van der Waals surface area contributed by atoms with Gasteiger partial charge in [0.05, 0.1) is 14.2 Å². The first kappa shape index (κ1) is 16.1. The maximum Gasteiger partial charge on any atom is 0.127 e. The van der Waals surface area contributed by atoms with Gasteiger partial charge in [-0.2, -0.15) is 0 Å². The lowest BCUT2D eigenvalue weighted by molar-refractivity contribution is 0.246. The molecule has 0 radical (unpaired) electrons. The summed E-state index contributed by atoms with van der Waals surface area (Å²) < 4.78 is 10.7. The summed E-state index contributed by atoms with van der Waals surface area (Å²) in [5.74, 6) is 2.50. The van der Waals surface area contributed by atoms with Crippen molar-refractivity contribution in [1.82, 2.24) is 4.90 Å². The Morgan fingerprint density at radius 1 is 1.29 bits per heavy atom. The third-order valence-corrected chi connectivity index (χ3v) is 4.05. The van der Waals surface area contributed by atoms with Gasteiger partial charge in [0.15, 0.2) is 0 Å². The number of hydrogen-bond acceptors (Lipinski definition) is 4. The lowest BCUT2D eigenvalue weighted by atomic mass is 10.1. The van der Waals surface area contributed by atoms with E-state index in [0.717, 1.165) is 36.1 Å². The topological polar surface area (TPSA) is 47.7 Å². The Morgan fingerprint density at radius 2 is 2.05 bits per heavy atom. The highest BCUT2D eigenvalue weighted by atomic mass is 16.5. The summed E-state index contributed by atoms with van der Waals surface area (Å²) in [6.45, 7) is 5.40. The van der Waals surface area contributed by atoms with Gasteiger partial charge < -0.3 is 20.1 Å². The summed E-state index contributed by atoms with van der Waals surface area (Å²) in [6.07, 6.45) is 3.92. The van der Waals surface area contributed by atoms with Gasteiger partial charge in [-0.25, -0.2) is 0 Å². The molecule has 0 saturated heterocycles. The zero-order valence-corrected chi connectivity index (χ0v) is 13.5. The Labute approximate surface area is 128 Å². The van der Waals surface area contributed by atoms with Crippen LogP contribution in [0.2, 0.25) is 0 Å². The first-order valence-electron chi connectivity index (χ1n) is 7.87. The summed E-state index contributed by atoms with van der Waals surface area (Å²) >= 11 is 0. The smallest absolute Gasteiger partial charge is 0.127 e. The third-order valence-electron chi connectivity index (χ3n) is 4.05. The average molecular weight is 292 g/mol. The highest BCUT2D eigenvalue weighted by molar-refractivity contribution is 5.42. The predicted molar refractivity (Wildman–Crippen MR) is 85.9 cm³/mol. The van der Waals surface area contributed by atoms with Crippen LogP contribution in [0.3, 0.4) is 0 Å². The molecular weight excluding hydrogens is 264 g/mol. The van der Waals surface area contributed by atoms with Crippen molar-refractivity contribution in [1.29, 1.82) is 0 Å². The summed E-state index contributed by atoms with van der Waals surface area (Å²) in [5, 5.41) is 0. The molecule has 1 aromatic rings. The fourth-order valence-corrected chi connectivity index (χ4v) is 2.74. The average Bonchev–Trinajstić information content (AvgIpc) is 3.30. The van der Waals surface area contributed by atoms with Crippen molar-refractivity contribution in [3.8, 4) is 11.5 Å². The van der Waals surface area contributed by atoms with Crippen LogP contribution in [0.4, 0.5) is 0 Å². The zero-order valence-electron chi connectivity index (χ0n) is 13.5. The van der Waals surface area contributed by atoms with Crippen molar-refractivity contribution in [3.63, 3.8) is 0 Å². The monoisotopic (exact) mass is 292 g/mol. The van der Waals surface area contributed by atoms with Crippen LogP contribution in [0.5, 0.6) is 11.5 Å². The van der Waals surface area contributed by atoms with Crippen molar-refractivity contribution < 1.29 is 9.47 Å². The van der Waals surface area contributed by atoms with Crippen LogP contribution in [-0.2, 0) is 0 Å². The first-order valence-corrected chi connectivity index (χ1v) is 7.87. The number of nitrogens with two attached hydrogens (primary N) is 1. The molecule has 1 fully saturated rings. The van der Waals surface area contributed by atoms with Gasteiger partial charge in [0, 0.05) is 30.8 Å². The molecule has 0 spiro atoms. The van der Waals surface area contributed by atoms with E-state index in [4.69, 9.17) is 15.2 Å². The molecule has 1 atom stereocenters. The Kier molecular flexibility index (Phi) is 5.88. The summed E-state index contributed by atoms with van der Waals surface area (Å²) in [7, 11) is 3.34. The second-order valence-electron chi connectivity index (χ2n) is 5.92. The number of methoxy groups -OCH3 is 2. The largest absolute Gasteiger partial charge is 0.497 e. The highest BCUT2D eigenvalue weighted by Gasteiger charge is 2.25. The lowest BCUT2D eigenvalue weighted by Crippen LogP contribution is -2.34. The van der Waals surface area contributed by atoms with Crippen molar-refractivity contribution in [2.45, 2.75) is 32.2 Å². The highest BCUT2D eigenvalue weighted by Crippen LogP contribution is 2.32. The van der Waals surface area contributed by atoms with Crippen molar-refractivity contribution >= 4 is 0 Å². The van der Waals surface area contributed by atoms with E-state index < -0.39 is 0 Å². The molecule has 0 aliphatic heterocycles. The summed E-state index contributed by atoms with van der Waals surface area (Å²) in [6, 6.07) is 5.84. The third kappa shape index (κ3) is 4.61. The lowest BCUT2D eigenvalue weighted by Gasteiger charge is -2.26. The molecule has 0 amide bonds. The molecule has 1 aliphatic rings. The molecule has 2 N–H and O–H groups in total. The molecule has 1 aromatic carbocycles. The van der Waals surface area contributed by atoms with Gasteiger partial charge in [0.1, 0.15) is 11.5 Å². The Morgan fingerprint density at radius 3 is 2.62 bits per heavy atom. The minimum absolute atomic E-state index is 0.0313. The van der Waals surface area contributed by atoms with Crippen molar-refractivity contribution in [2.75, 3.05) is 33.9 Å². The maximum absolute atomic E-state index is 6.43. The molecule has 21 heavy (non-hydrogen) atoms. The van der Waals surface area contributed by atoms with E-state index in [0.29, 0.717) is 0 Å². The zero-order chi connectivity index (χ0) is 15.2. The fourth-order valence-electron chi connectivity index (χ4n) is 2.74. The second-order valence-corrected chi connectivity index (χ2v) is 5.92. The van der Waals surface area contributed by atoms with Gasteiger partial charge in [-0.15, -0.1) is 0 Å². The van der Waals surface area contributed by atoms with E-state index in [9.17, 15) is 0 Å². The van der Waals surface area contributed by atoms with E-state index in [2.05, 4.69) is 11.8 Å². The quantitative estimate of drug-likeness (QED) is 0.760. The normalized spacial score (nSPS) is 16.0. The predicted octanol–water partition coefficient (Wildman–Crippen LogP) is 2.83. The van der Waals surface area contributed by atoms with Gasteiger partial charge in [0.25, 0.3) is 0 Å². The first-order chi connectivity index (χ1) is 10.2. The van der Waals surface area contributed by atoms with Crippen LogP contribution in [-0.4, -0.2) is 38.8 Å².